The summed E-state index contributed by atoms with van der Waals surface area (Å²) in [5.74, 6) is 0.108. The van der Waals surface area contributed by atoms with Gasteiger partial charge in [-0.05, 0) is 61.4 Å². The molecule has 1 heterocycles. The van der Waals surface area contributed by atoms with E-state index in [1.165, 1.54) is 16.7 Å². The number of carboxylic acids is 1. The zero-order valence-electron chi connectivity index (χ0n) is 11.8. The first kappa shape index (κ1) is 13.0. The number of aliphatic carboxylic acids is 1. The Labute approximate surface area is 118 Å². The number of ether oxygens (including phenoxy) is 1. The van der Waals surface area contributed by atoms with Gasteiger partial charge in [0, 0.05) is 5.70 Å². The van der Waals surface area contributed by atoms with Crippen molar-refractivity contribution in [3.63, 3.8) is 0 Å². The summed E-state index contributed by atoms with van der Waals surface area (Å²) in [6.45, 7) is 1.77. The van der Waals surface area contributed by atoms with Crippen LogP contribution in [0.1, 0.15) is 37.3 Å². The summed E-state index contributed by atoms with van der Waals surface area (Å²) in [4.78, 5) is 11.4. The van der Waals surface area contributed by atoms with E-state index >= 15 is 0 Å². The zero-order chi connectivity index (χ0) is 14.3. The van der Waals surface area contributed by atoms with Gasteiger partial charge in [0.25, 0.3) is 0 Å². The lowest BCUT2D eigenvalue weighted by Crippen LogP contribution is -2.51. The van der Waals surface area contributed by atoms with Crippen molar-refractivity contribution in [3.05, 3.63) is 35.0 Å². The maximum atomic E-state index is 11.4. The Morgan fingerprint density at radius 2 is 2.15 bits per heavy atom. The largest absolute Gasteiger partial charge is 0.497 e. The summed E-state index contributed by atoms with van der Waals surface area (Å²) < 4.78 is 5.27. The van der Waals surface area contributed by atoms with Gasteiger partial charge in [-0.25, -0.2) is 4.79 Å². The molecule has 0 aromatic heterocycles. The molecule has 0 spiro atoms. The minimum absolute atomic E-state index is 0.618. The van der Waals surface area contributed by atoms with Crippen molar-refractivity contribution in [2.45, 2.75) is 38.1 Å². The highest BCUT2D eigenvalue weighted by Gasteiger charge is 2.38. The number of carbonyl (C=O) groups is 1. The van der Waals surface area contributed by atoms with E-state index in [9.17, 15) is 9.90 Å². The molecule has 4 nitrogen and oxygen atoms in total. The minimum Gasteiger partial charge on any atom is -0.497 e. The van der Waals surface area contributed by atoms with Crippen molar-refractivity contribution in [1.29, 1.82) is 0 Å². The maximum absolute atomic E-state index is 11.4. The molecule has 1 aromatic carbocycles. The third-order valence-electron chi connectivity index (χ3n) is 4.42. The molecule has 0 radical (unpaired) electrons. The third-order valence-corrected chi connectivity index (χ3v) is 4.42. The smallest absolute Gasteiger partial charge is 0.329 e. The lowest BCUT2D eigenvalue weighted by Gasteiger charge is -2.37. The average Bonchev–Trinajstić information content (AvgIpc) is 2.46. The molecule has 0 bridgehead atoms. The minimum atomic E-state index is -0.831. The monoisotopic (exact) mass is 273 g/mol. The van der Waals surface area contributed by atoms with E-state index < -0.39 is 11.5 Å². The van der Waals surface area contributed by atoms with Gasteiger partial charge in [-0.2, -0.15) is 0 Å². The highest BCUT2D eigenvalue weighted by molar-refractivity contribution is 5.82. The Morgan fingerprint density at radius 3 is 2.85 bits per heavy atom. The topological polar surface area (TPSA) is 58.6 Å². The van der Waals surface area contributed by atoms with Gasteiger partial charge in [0.1, 0.15) is 11.3 Å². The van der Waals surface area contributed by atoms with Crippen molar-refractivity contribution < 1.29 is 14.6 Å². The number of hydrogen-bond donors (Lipinski definition) is 2. The fourth-order valence-corrected chi connectivity index (χ4v) is 3.13. The average molecular weight is 273 g/mol. The second kappa shape index (κ2) is 4.54. The van der Waals surface area contributed by atoms with Crippen LogP contribution in [0.3, 0.4) is 0 Å². The van der Waals surface area contributed by atoms with E-state index in [1.807, 2.05) is 6.07 Å². The first-order valence-electron chi connectivity index (χ1n) is 6.94. The van der Waals surface area contributed by atoms with Gasteiger partial charge in [0.15, 0.2) is 0 Å². The van der Waals surface area contributed by atoms with Crippen LogP contribution >= 0.6 is 0 Å². The van der Waals surface area contributed by atoms with E-state index in [2.05, 4.69) is 17.4 Å². The molecule has 3 rings (SSSR count). The van der Waals surface area contributed by atoms with E-state index in [-0.39, 0.29) is 0 Å². The Hall–Kier alpha value is -1.97. The predicted octanol–water partition coefficient (Wildman–Crippen LogP) is 2.58. The van der Waals surface area contributed by atoms with Crippen LogP contribution in [0.2, 0.25) is 0 Å². The van der Waals surface area contributed by atoms with Crippen LogP contribution in [0.5, 0.6) is 5.75 Å². The van der Waals surface area contributed by atoms with Crippen molar-refractivity contribution in [2.24, 2.45) is 0 Å². The van der Waals surface area contributed by atoms with Crippen molar-refractivity contribution in [3.8, 4) is 5.75 Å². The molecule has 0 saturated heterocycles. The molecule has 1 atom stereocenters. The Balaban J connectivity index is 1.99. The molecular weight excluding hydrogens is 254 g/mol. The number of nitrogens with one attached hydrogen (secondary N) is 1. The van der Waals surface area contributed by atoms with Crippen LogP contribution in [-0.2, 0) is 11.2 Å². The standard InChI is InChI=1S/C16H19NO3/c1-16(15(18)19)8-7-13-12-5-4-11(20-2)9-10(12)3-6-14(13)17-16/h4-5,9,17H,3,6-8H2,1-2H3,(H,18,19). The number of allylic oxidation sites excluding steroid dienone is 2. The van der Waals surface area contributed by atoms with Crippen LogP contribution < -0.4 is 10.1 Å². The van der Waals surface area contributed by atoms with E-state index in [0.717, 1.165) is 30.7 Å². The lowest BCUT2D eigenvalue weighted by molar-refractivity contribution is -0.144. The first-order valence-corrected chi connectivity index (χ1v) is 6.94. The summed E-state index contributed by atoms with van der Waals surface area (Å²) in [5.41, 5.74) is 4.07. The lowest BCUT2D eigenvalue weighted by atomic mass is 9.79. The molecule has 2 N–H and O–H groups in total. The van der Waals surface area contributed by atoms with Crippen LogP contribution in [0, 0.1) is 0 Å². The van der Waals surface area contributed by atoms with Crippen molar-refractivity contribution in [1.82, 2.24) is 5.32 Å². The van der Waals surface area contributed by atoms with Crippen LogP contribution in [0.4, 0.5) is 0 Å². The molecule has 1 aromatic rings. The number of methoxy groups -OCH3 is 1. The summed E-state index contributed by atoms with van der Waals surface area (Å²) in [6.07, 6.45) is 3.23. The number of benzene rings is 1. The summed E-state index contributed by atoms with van der Waals surface area (Å²) in [6, 6.07) is 6.15. The quantitative estimate of drug-likeness (QED) is 0.869. The van der Waals surface area contributed by atoms with Crippen LogP contribution in [0.25, 0.3) is 5.57 Å². The Bertz CT molecular complexity index is 606. The number of fused-ring (bicyclic) bond motifs is 2. The molecule has 1 unspecified atom stereocenters. The van der Waals surface area contributed by atoms with E-state index in [4.69, 9.17) is 4.74 Å². The van der Waals surface area contributed by atoms with Gasteiger partial charge in [-0.1, -0.05) is 6.07 Å². The van der Waals surface area contributed by atoms with E-state index in [1.54, 1.807) is 14.0 Å². The fraction of sp³-hybridized carbons (Fsp3) is 0.438. The molecule has 0 fully saturated rings. The number of rotatable bonds is 2. The van der Waals surface area contributed by atoms with Gasteiger partial charge >= 0.3 is 5.97 Å². The Kier molecular flexibility index (Phi) is 2.96. The fourth-order valence-electron chi connectivity index (χ4n) is 3.13. The SMILES string of the molecule is COc1ccc2c(c1)CCC1=C2CCC(C)(C(=O)O)N1. The van der Waals surface area contributed by atoms with Crippen LogP contribution in [-0.4, -0.2) is 23.7 Å². The summed E-state index contributed by atoms with van der Waals surface area (Å²) >= 11 is 0. The normalized spacial score (nSPS) is 24.5. The summed E-state index contributed by atoms with van der Waals surface area (Å²) in [5, 5.41) is 12.6. The van der Waals surface area contributed by atoms with Crippen molar-refractivity contribution in [2.75, 3.05) is 7.11 Å². The van der Waals surface area contributed by atoms with Crippen LogP contribution in [0.15, 0.2) is 23.9 Å². The number of carboxylic acid groups (broad SMARTS) is 1. The second-order valence-electron chi connectivity index (χ2n) is 5.74. The molecular formula is C16H19NO3. The summed E-state index contributed by atoms with van der Waals surface area (Å²) in [7, 11) is 1.68. The molecule has 1 aliphatic carbocycles. The molecule has 20 heavy (non-hydrogen) atoms. The van der Waals surface area contributed by atoms with Gasteiger partial charge in [-0.3, -0.25) is 0 Å². The zero-order valence-corrected chi connectivity index (χ0v) is 11.8. The molecule has 0 saturated carbocycles. The first-order chi connectivity index (χ1) is 9.53. The predicted molar refractivity (Wildman–Crippen MR) is 76.6 cm³/mol. The Morgan fingerprint density at radius 1 is 1.35 bits per heavy atom. The molecule has 106 valence electrons. The highest BCUT2D eigenvalue weighted by atomic mass is 16.5. The maximum Gasteiger partial charge on any atom is 0.329 e. The number of aryl methyl sites for hydroxylation is 1. The van der Waals surface area contributed by atoms with Crippen molar-refractivity contribution >= 4 is 11.5 Å². The van der Waals surface area contributed by atoms with Gasteiger partial charge in [0.05, 0.1) is 7.11 Å². The van der Waals surface area contributed by atoms with Gasteiger partial charge < -0.3 is 15.2 Å². The van der Waals surface area contributed by atoms with E-state index in [0.29, 0.717) is 6.42 Å². The van der Waals surface area contributed by atoms with Gasteiger partial charge in [0.2, 0.25) is 0 Å². The third kappa shape index (κ3) is 1.96. The van der Waals surface area contributed by atoms with Gasteiger partial charge in [-0.15, -0.1) is 0 Å². The molecule has 1 aliphatic heterocycles. The molecule has 2 aliphatic rings. The molecule has 0 amide bonds. The molecule has 4 heteroatoms. The number of hydrogen-bond acceptors (Lipinski definition) is 3. The highest BCUT2D eigenvalue weighted by Crippen LogP contribution is 2.40. The second-order valence-corrected chi connectivity index (χ2v) is 5.74.